The smallest absolute Gasteiger partial charge is 0.289 e. The summed E-state index contributed by atoms with van der Waals surface area (Å²) in [5.74, 6) is -0.429. The zero-order valence-corrected chi connectivity index (χ0v) is 9.90. The summed E-state index contributed by atoms with van der Waals surface area (Å²) in [6, 6.07) is 5.92. The zero-order valence-electron chi connectivity index (χ0n) is 9.14. The Bertz CT molecular complexity index is 575. The van der Waals surface area contributed by atoms with Crippen LogP contribution in [0.15, 0.2) is 18.2 Å². The lowest BCUT2D eigenvalue weighted by atomic mass is 10.1. The average Bonchev–Trinajstić information content (AvgIpc) is 3.12. The lowest BCUT2D eigenvalue weighted by molar-refractivity contribution is -0.384. The zero-order chi connectivity index (χ0) is 13.3. The topological polar surface area (TPSA) is 96.0 Å². The fourth-order valence-electron chi connectivity index (χ4n) is 1.50. The molecule has 0 radical (unpaired) electrons. The normalized spacial score (nSPS) is 15.6. The van der Waals surface area contributed by atoms with Gasteiger partial charge in [0.1, 0.15) is 10.4 Å². The summed E-state index contributed by atoms with van der Waals surface area (Å²) in [4.78, 5) is 21.8. The van der Waals surface area contributed by atoms with Gasteiger partial charge in [-0.1, -0.05) is 11.6 Å². The predicted octanol–water partition coefficient (Wildman–Crippen LogP) is 2.49. The SMILES string of the molecule is N#CC1(C(=O)Nc2ccc(Cl)c([N+](=O)[O-])c2)CC1. The Morgan fingerprint density at radius 3 is 2.72 bits per heavy atom. The predicted molar refractivity (Wildman–Crippen MR) is 64.0 cm³/mol. The Balaban J connectivity index is 2.21. The molecule has 0 saturated heterocycles. The molecule has 0 aliphatic heterocycles. The maximum atomic E-state index is 11.8. The van der Waals surface area contributed by atoms with Crippen LogP contribution in [0.25, 0.3) is 0 Å². The number of hydrogen-bond acceptors (Lipinski definition) is 4. The first-order valence-electron chi connectivity index (χ1n) is 5.15. The lowest BCUT2D eigenvalue weighted by Crippen LogP contribution is -2.22. The fraction of sp³-hybridized carbons (Fsp3) is 0.273. The summed E-state index contributed by atoms with van der Waals surface area (Å²) in [6.45, 7) is 0. The minimum atomic E-state index is -0.964. The van der Waals surface area contributed by atoms with Crippen molar-refractivity contribution in [2.45, 2.75) is 12.8 Å². The Morgan fingerprint density at radius 1 is 1.56 bits per heavy atom. The quantitative estimate of drug-likeness (QED) is 0.671. The van der Waals surface area contributed by atoms with Gasteiger partial charge in [0.05, 0.1) is 11.0 Å². The first-order chi connectivity index (χ1) is 8.48. The van der Waals surface area contributed by atoms with Crippen molar-refractivity contribution in [2.75, 3.05) is 5.32 Å². The van der Waals surface area contributed by atoms with E-state index >= 15 is 0 Å². The molecule has 1 aromatic rings. The van der Waals surface area contributed by atoms with Crippen molar-refractivity contribution < 1.29 is 9.72 Å². The summed E-state index contributed by atoms with van der Waals surface area (Å²) < 4.78 is 0. The standard InChI is InChI=1S/C11H8ClN3O3/c12-8-2-1-7(5-9(8)15(17)18)14-10(16)11(6-13)3-4-11/h1-2,5H,3-4H2,(H,14,16). The van der Waals surface area contributed by atoms with Crippen molar-refractivity contribution in [3.05, 3.63) is 33.3 Å². The third-order valence-electron chi connectivity index (χ3n) is 2.80. The Labute approximate surface area is 107 Å². The number of hydrogen-bond donors (Lipinski definition) is 1. The molecule has 0 heterocycles. The molecule has 0 atom stereocenters. The van der Waals surface area contributed by atoms with Gasteiger partial charge in [-0.25, -0.2) is 0 Å². The maximum absolute atomic E-state index is 11.8. The molecule has 1 aliphatic carbocycles. The Morgan fingerprint density at radius 2 is 2.22 bits per heavy atom. The van der Waals surface area contributed by atoms with Gasteiger partial charge in [-0.15, -0.1) is 0 Å². The highest BCUT2D eigenvalue weighted by Crippen LogP contribution is 2.45. The minimum Gasteiger partial charge on any atom is -0.324 e. The van der Waals surface area contributed by atoms with Gasteiger partial charge in [0.15, 0.2) is 0 Å². The highest BCUT2D eigenvalue weighted by molar-refractivity contribution is 6.32. The van der Waals surface area contributed by atoms with Gasteiger partial charge >= 0.3 is 0 Å². The van der Waals surface area contributed by atoms with E-state index in [1.165, 1.54) is 18.2 Å². The average molecular weight is 266 g/mol. The van der Waals surface area contributed by atoms with E-state index in [4.69, 9.17) is 16.9 Å². The molecule has 1 fully saturated rings. The number of anilines is 1. The molecule has 0 aromatic heterocycles. The molecule has 0 spiro atoms. The minimum absolute atomic E-state index is 0.000539. The van der Waals surface area contributed by atoms with Crippen LogP contribution in [0.4, 0.5) is 11.4 Å². The van der Waals surface area contributed by atoms with E-state index in [0.29, 0.717) is 12.8 Å². The van der Waals surface area contributed by atoms with Crippen molar-refractivity contribution in [1.82, 2.24) is 0 Å². The maximum Gasteiger partial charge on any atom is 0.289 e. The van der Waals surface area contributed by atoms with Crippen LogP contribution < -0.4 is 5.32 Å². The number of benzene rings is 1. The van der Waals surface area contributed by atoms with Crippen molar-refractivity contribution in [1.29, 1.82) is 5.26 Å². The second kappa shape index (κ2) is 4.27. The summed E-state index contributed by atoms with van der Waals surface area (Å²) in [5.41, 5.74) is -0.983. The van der Waals surface area contributed by atoms with Crippen molar-refractivity contribution in [2.24, 2.45) is 5.41 Å². The Hall–Kier alpha value is -2.13. The van der Waals surface area contributed by atoms with Crippen LogP contribution in [0.3, 0.4) is 0 Å². The summed E-state index contributed by atoms with van der Waals surface area (Å²) in [6.07, 6.45) is 1.04. The number of carbonyl (C=O) groups is 1. The molecule has 1 amide bonds. The molecule has 1 N–H and O–H groups in total. The lowest BCUT2D eigenvalue weighted by Gasteiger charge is -2.08. The number of nitrogens with zero attached hydrogens (tertiary/aromatic N) is 2. The van der Waals surface area contributed by atoms with Crippen molar-refractivity contribution in [3.63, 3.8) is 0 Å². The van der Waals surface area contributed by atoms with Crippen LogP contribution in [-0.4, -0.2) is 10.8 Å². The van der Waals surface area contributed by atoms with Crippen LogP contribution in [0.5, 0.6) is 0 Å². The first-order valence-corrected chi connectivity index (χ1v) is 5.53. The number of nitrogens with one attached hydrogen (secondary N) is 1. The van der Waals surface area contributed by atoms with Crippen LogP contribution in [0.1, 0.15) is 12.8 Å². The first kappa shape index (κ1) is 12.3. The van der Waals surface area contributed by atoms with E-state index in [1.807, 2.05) is 6.07 Å². The van der Waals surface area contributed by atoms with E-state index in [9.17, 15) is 14.9 Å². The van der Waals surface area contributed by atoms with E-state index in [-0.39, 0.29) is 16.4 Å². The third-order valence-corrected chi connectivity index (χ3v) is 3.12. The number of nitro groups is 1. The summed E-state index contributed by atoms with van der Waals surface area (Å²) in [7, 11) is 0. The van der Waals surface area contributed by atoms with Gasteiger partial charge in [-0.2, -0.15) is 5.26 Å². The fourth-order valence-corrected chi connectivity index (χ4v) is 1.68. The number of carbonyl (C=O) groups excluding carboxylic acids is 1. The van der Waals surface area contributed by atoms with Gasteiger partial charge in [0.2, 0.25) is 5.91 Å². The van der Waals surface area contributed by atoms with E-state index in [2.05, 4.69) is 5.32 Å². The van der Waals surface area contributed by atoms with E-state index < -0.39 is 16.2 Å². The number of amides is 1. The van der Waals surface area contributed by atoms with E-state index in [0.717, 1.165) is 0 Å². The summed E-state index contributed by atoms with van der Waals surface area (Å²) in [5, 5.41) is 22.0. The van der Waals surface area contributed by atoms with Gasteiger partial charge in [0.25, 0.3) is 5.69 Å². The molecule has 2 rings (SSSR count). The molecular weight excluding hydrogens is 258 g/mol. The van der Waals surface area contributed by atoms with E-state index in [1.54, 1.807) is 0 Å². The van der Waals surface area contributed by atoms with Gasteiger partial charge < -0.3 is 5.32 Å². The monoisotopic (exact) mass is 265 g/mol. The van der Waals surface area contributed by atoms with Gasteiger partial charge in [-0.3, -0.25) is 14.9 Å². The highest BCUT2D eigenvalue weighted by atomic mass is 35.5. The molecule has 1 saturated carbocycles. The van der Waals surface area contributed by atoms with Gasteiger partial charge in [-0.05, 0) is 25.0 Å². The van der Waals surface area contributed by atoms with Crippen LogP contribution >= 0.6 is 11.6 Å². The van der Waals surface area contributed by atoms with Crippen molar-refractivity contribution in [3.8, 4) is 6.07 Å². The second-order valence-electron chi connectivity index (χ2n) is 4.07. The molecule has 7 heteroatoms. The van der Waals surface area contributed by atoms with Gasteiger partial charge in [0, 0.05) is 11.8 Å². The molecule has 92 valence electrons. The van der Waals surface area contributed by atoms with Crippen LogP contribution in [-0.2, 0) is 4.79 Å². The third kappa shape index (κ3) is 2.13. The summed E-state index contributed by atoms with van der Waals surface area (Å²) >= 11 is 5.65. The van der Waals surface area contributed by atoms with Crippen LogP contribution in [0, 0.1) is 26.9 Å². The van der Waals surface area contributed by atoms with Crippen molar-refractivity contribution >= 4 is 28.9 Å². The molecule has 18 heavy (non-hydrogen) atoms. The van der Waals surface area contributed by atoms with Crippen LogP contribution in [0.2, 0.25) is 5.02 Å². The highest BCUT2D eigenvalue weighted by Gasteiger charge is 2.50. The molecular formula is C11H8ClN3O3. The number of nitriles is 1. The second-order valence-corrected chi connectivity index (χ2v) is 4.48. The number of rotatable bonds is 3. The number of halogens is 1. The molecule has 6 nitrogen and oxygen atoms in total. The molecule has 0 bridgehead atoms. The molecule has 1 aliphatic rings. The number of nitro benzene ring substituents is 1. The molecule has 0 unspecified atom stereocenters. The largest absolute Gasteiger partial charge is 0.324 e. The molecule has 1 aromatic carbocycles. The Kier molecular flexibility index (Phi) is 2.93.